The summed E-state index contributed by atoms with van der Waals surface area (Å²) in [5.41, 5.74) is 1.15. The molecule has 1 aromatic heterocycles. The molecule has 0 fully saturated rings. The third kappa shape index (κ3) is 4.10. The molecule has 100 valence electrons. The van der Waals surface area contributed by atoms with Gasteiger partial charge in [-0.05, 0) is 36.9 Å². The molecule has 4 heteroatoms. The number of benzene rings is 1. The number of hydrogen-bond donors (Lipinski definition) is 1. The molecule has 0 aliphatic heterocycles. The quantitative estimate of drug-likeness (QED) is 0.879. The minimum Gasteiger partial charge on any atom is -0.493 e. The molecule has 0 spiro atoms. The van der Waals surface area contributed by atoms with Crippen molar-refractivity contribution in [2.75, 3.05) is 6.61 Å². The molecule has 3 nitrogen and oxygen atoms in total. The van der Waals surface area contributed by atoms with E-state index in [2.05, 4.69) is 0 Å². The molecule has 0 saturated carbocycles. The van der Waals surface area contributed by atoms with Crippen molar-refractivity contribution in [3.8, 4) is 5.75 Å². The summed E-state index contributed by atoms with van der Waals surface area (Å²) in [6, 6.07) is 11.5. The highest BCUT2D eigenvalue weighted by atomic mass is 32.1. The van der Waals surface area contributed by atoms with Gasteiger partial charge < -0.3 is 9.84 Å². The molecule has 0 amide bonds. The van der Waals surface area contributed by atoms with Crippen LogP contribution in [0.3, 0.4) is 0 Å². The highest BCUT2D eigenvalue weighted by molar-refractivity contribution is 7.09. The predicted molar refractivity (Wildman–Crippen MR) is 75.8 cm³/mol. The fourth-order valence-electron chi connectivity index (χ4n) is 1.72. The number of ether oxygens (including phenoxy) is 1. The fraction of sp³-hybridized carbons (Fsp3) is 0.267. The zero-order valence-corrected chi connectivity index (χ0v) is 11.5. The second-order valence-corrected chi connectivity index (χ2v) is 5.47. The lowest BCUT2D eigenvalue weighted by Crippen LogP contribution is -2.23. The van der Waals surface area contributed by atoms with Gasteiger partial charge in [0.25, 0.3) is 0 Å². The summed E-state index contributed by atoms with van der Waals surface area (Å²) in [7, 11) is 0. The first-order valence-corrected chi connectivity index (χ1v) is 6.98. The minimum absolute atomic E-state index is 0.191. The SMILES string of the molecule is Cc1ccc(OCC(Cc2cccs2)C(=O)O)cc1. The number of carboxylic acid groups (broad SMARTS) is 1. The van der Waals surface area contributed by atoms with Crippen LogP contribution in [0.15, 0.2) is 41.8 Å². The maximum Gasteiger partial charge on any atom is 0.310 e. The van der Waals surface area contributed by atoms with Gasteiger partial charge in [0.05, 0.1) is 5.92 Å². The van der Waals surface area contributed by atoms with Crippen molar-refractivity contribution in [1.29, 1.82) is 0 Å². The molecule has 0 radical (unpaired) electrons. The van der Waals surface area contributed by atoms with Gasteiger partial charge in [-0.2, -0.15) is 0 Å². The molecule has 1 aromatic carbocycles. The Morgan fingerprint density at radius 3 is 2.63 bits per heavy atom. The van der Waals surface area contributed by atoms with E-state index < -0.39 is 11.9 Å². The van der Waals surface area contributed by atoms with E-state index in [1.165, 1.54) is 0 Å². The van der Waals surface area contributed by atoms with Crippen LogP contribution in [-0.2, 0) is 11.2 Å². The lowest BCUT2D eigenvalue weighted by molar-refractivity contribution is -0.142. The number of carboxylic acids is 1. The Hall–Kier alpha value is -1.81. The van der Waals surface area contributed by atoms with Crippen molar-refractivity contribution in [2.24, 2.45) is 5.92 Å². The summed E-state index contributed by atoms with van der Waals surface area (Å²) in [6.07, 6.45) is 0.513. The smallest absolute Gasteiger partial charge is 0.310 e. The number of aryl methyl sites for hydroxylation is 1. The molecule has 0 saturated heterocycles. The zero-order valence-electron chi connectivity index (χ0n) is 10.7. The molecule has 0 aliphatic rings. The number of carbonyl (C=O) groups is 1. The van der Waals surface area contributed by atoms with Crippen LogP contribution in [0.4, 0.5) is 0 Å². The third-order valence-electron chi connectivity index (χ3n) is 2.85. The fourth-order valence-corrected chi connectivity index (χ4v) is 2.51. The van der Waals surface area contributed by atoms with E-state index in [1.54, 1.807) is 11.3 Å². The summed E-state index contributed by atoms with van der Waals surface area (Å²) >= 11 is 1.57. The van der Waals surface area contributed by atoms with Crippen LogP contribution in [0, 0.1) is 12.8 Å². The van der Waals surface area contributed by atoms with Crippen molar-refractivity contribution in [3.05, 3.63) is 52.2 Å². The average Bonchev–Trinajstić information content (AvgIpc) is 2.89. The maximum absolute atomic E-state index is 11.2. The molecule has 19 heavy (non-hydrogen) atoms. The van der Waals surface area contributed by atoms with Crippen molar-refractivity contribution in [2.45, 2.75) is 13.3 Å². The first-order valence-electron chi connectivity index (χ1n) is 6.10. The Bertz CT molecular complexity index is 517. The van der Waals surface area contributed by atoms with E-state index in [0.717, 1.165) is 10.4 Å². The Morgan fingerprint density at radius 2 is 2.05 bits per heavy atom. The molecule has 1 atom stereocenters. The first-order chi connectivity index (χ1) is 9.15. The van der Waals surface area contributed by atoms with E-state index in [1.807, 2.05) is 48.7 Å². The number of rotatable bonds is 6. The summed E-state index contributed by atoms with van der Waals surface area (Å²) in [5, 5.41) is 11.2. The van der Waals surface area contributed by atoms with Gasteiger partial charge in [-0.15, -0.1) is 11.3 Å². The van der Waals surface area contributed by atoms with Gasteiger partial charge in [0, 0.05) is 4.88 Å². The maximum atomic E-state index is 11.2. The summed E-state index contributed by atoms with van der Waals surface area (Å²) in [5.74, 6) is -0.622. The van der Waals surface area contributed by atoms with E-state index >= 15 is 0 Å². The lowest BCUT2D eigenvalue weighted by Gasteiger charge is -2.13. The largest absolute Gasteiger partial charge is 0.493 e. The van der Waals surface area contributed by atoms with Crippen LogP contribution in [-0.4, -0.2) is 17.7 Å². The van der Waals surface area contributed by atoms with E-state index in [9.17, 15) is 9.90 Å². The highest BCUT2D eigenvalue weighted by Crippen LogP contribution is 2.17. The third-order valence-corrected chi connectivity index (χ3v) is 3.75. The molecular formula is C15H16O3S. The standard InChI is InChI=1S/C15H16O3S/c1-11-4-6-13(7-5-11)18-10-12(15(16)17)9-14-3-2-8-19-14/h2-8,12H,9-10H2,1H3,(H,16,17). The average molecular weight is 276 g/mol. The summed E-state index contributed by atoms with van der Waals surface area (Å²) < 4.78 is 5.56. The van der Waals surface area contributed by atoms with E-state index in [0.29, 0.717) is 12.2 Å². The van der Waals surface area contributed by atoms with Crippen molar-refractivity contribution in [1.82, 2.24) is 0 Å². The van der Waals surface area contributed by atoms with Gasteiger partial charge in [0.1, 0.15) is 12.4 Å². The number of aliphatic carboxylic acids is 1. The Labute approximate surface area is 116 Å². The van der Waals surface area contributed by atoms with Crippen molar-refractivity contribution in [3.63, 3.8) is 0 Å². The van der Waals surface area contributed by atoms with Crippen LogP contribution in [0.5, 0.6) is 5.75 Å². The second-order valence-electron chi connectivity index (χ2n) is 4.44. The normalized spacial score (nSPS) is 12.1. The minimum atomic E-state index is -0.819. The van der Waals surface area contributed by atoms with E-state index in [-0.39, 0.29) is 6.61 Å². The lowest BCUT2D eigenvalue weighted by atomic mass is 10.1. The predicted octanol–water partition coefficient (Wildman–Crippen LogP) is 3.38. The number of thiophene rings is 1. The zero-order chi connectivity index (χ0) is 13.7. The van der Waals surface area contributed by atoms with Crippen LogP contribution < -0.4 is 4.74 Å². The van der Waals surface area contributed by atoms with Crippen LogP contribution in [0.25, 0.3) is 0 Å². The van der Waals surface area contributed by atoms with Crippen LogP contribution >= 0.6 is 11.3 Å². The van der Waals surface area contributed by atoms with E-state index in [4.69, 9.17) is 4.74 Å². The van der Waals surface area contributed by atoms with Gasteiger partial charge in [-0.25, -0.2) is 0 Å². The van der Waals surface area contributed by atoms with Crippen molar-refractivity contribution < 1.29 is 14.6 Å². The van der Waals surface area contributed by atoms with Crippen LogP contribution in [0.1, 0.15) is 10.4 Å². The summed E-state index contributed by atoms with van der Waals surface area (Å²) in [6.45, 7) is 2.19. The molecule has 2 aromatic rings. The molecular weight excluding hydrogens is 260 g/mol. The molecule has 2 rings (SSSR count). The topological polar surface area (TPSA) is 46.5 Å². The van der Waals surface area contributed by atoms with Crippen LogP contribution in [0.2, 0.25) is 0 Å². The molecule has 1 unspecified atom stereocenters. The van der Waals surface area contributed by atoms with Gasteiger partial charge >= 0.3 is 5.97 Å². The van der Waals surface area contributed by atoms with Gasteiger partial charge in [-0.3, -0.25) is 4.79 Å². The molecule has 0 bridgehead atoms. The Balaban J connectivity index is 1.93. The second kappa shape index (κ2) is 6.38. The molecule has 1 N–H and O–H groups in total. The Morgan fingerprint density at radius 1 is 1.32 bits per heavy atom. The Kier molecular flexibility index (Phi) is 4.58. The molecule has 0 aliphatic carbocycles. The first kappa shape index (κ1) is 13.6. The number of hydrogen-bond acceptors (Lipinski definition) is 3. The van der Waals surface area contributed by atoms with Gasteiger partial charge in [0.2, 0.25) is 0 Å². The highest BCUT2D eigenvalue weighted by Gasteiger charge is 2.19. The molecule has 1 heterocycles. The van der Waals surface area contributed by atoms with Crippen molar-refractivity contribution >= 4 is 17.3 Å². The van der Waals surface area contributed by atoms with Gasteiger partial charge in [0.15, 0.2) is 0 Å². The summed E-state index contributed by atoms with van der Waals surface area (Å²) in [4.78, 5) is 12.3. The van der Waals surface area contributed by atoms with Gasteiger partial charge in [-0.1, -0.05) is 23.8 Å². The monoisotopic (exact) mass is 276 g/mol.